The maximum absolute atomic E-state index is 14.1. The van der Waals surface area contributed by atoms with E-state index in [2.05, 4.69) is 27.9 Å². The van der Waals surface area contributed by atoms with E-state index in [1.807, 2.05) is 6.92 Å². The van der Waals surface area contributed by atoms with Crippen LogP contribution in [-0.2, 0) is 4.79 Å². The number of ether oxygens (including phenoxy) is 1. The number of urea groups is 1. The lowest BCUT2D eigenvalue weighted by atomic mass is 9.86. The minimum Gasteiger partial charge on any atom is -0.454 e. The Morgan fingerprint density at radius 2 is 2.03 bits per heavy atom. The molecule has 0 aromatic heterocycles. The zero-order valence-electron chi connectivity index (χ0n) is 21.8. The zero-order valence-corrected chi connectivity index (χ0v) is 22.6. The van der Waals surface area contributed by atoms with Gasteiger partial charge >= 0.3 is 6.03 Å². The third-order valence-corrected chi connectivity index (χ3v) is 9.21. The van der Waals surface area contributed by atoms with Gasteiger partial charge in [-0.05, 0) is 82.2 Å². The average molecular weight is 556 g/mol. The summed E-state index contributed by atoms with van der Waals surface area (Å²) in [6.07, 6.45) is 2.73. The molecule has 3 N–H and O–H groups in total. The molecule has 39 heavy (non-hydrogen) atoms. The van der Waals surface area contributed by atoms with Crippen molar-refractivity contribution in [3.63, 3.8) is 0 Å². The van der Waals surface area contributed by atoms with Gasteiger partial charge in [-0.15, -0.1) is 0 Å². The summed E-state index contributed by atoms with van der Waals surface area (Å²) in [4.78, 5) is 31.5. The van der Waals surface area contributed by atoms with Crippen LogP contribution in [0.1, 0.15) is 24.8 Å². The van der Waals surface area contributed by atoms with Gasteiger partial charge in [0.05, 0.1) is 16.3 Å². The molecule has 3 amide bonds. The molecule has 0 saturated carbocycles. The number of nitrogens with zero attached hydrogens (tertiary/aromatic N) is 2. The SMILES string of the molecule is Cc1cc(Oc2ccc(F)cc2F)ccc1N1C(=O)NC2=C(C(=O)N[C@@H]3CCCN(C)C3)SC3NCCC1C23. The molecule has 206 valence electrons. The molecule has 0 spiro atoms. The van der Waals surface area contributed by atoms with Crippen LogP contribution in [0, 0.1) is 24.5 Å². The van der Waals surface area contributed by atoms with Crippen LogP contribution < -0.4 is 25.6 Å². The van der Waals surface area contributed by atoms with Gasteiger partial charge in [-0.25, -0.2) is 13.6 Å². The van der Waals surface area contributed by atoms with Crippen molar-refractivity contribution >= 4 is 29.4 Å². The van der Waals surface area contributed by atoms with Crippen LogP contribution in [0.5, 0.6) is 11.5 Å². The number of aryl methyl sites for hydroxylation is 1. The van der Waals surface area contributed by atoms with Crippen molar-refractivity contribution in [3.05, 3.63) is 64.2 Å². The number of carbonyl (C=O) groups is 2. The Hall–Kier alpha value is -3.15. The normalized spacial score (nSPS) is 26.8. The first-order valence-corrected chi connectivity index (χ1v) is 14.1. The van der Waals surface area contributed by atoms with Gasteiger partial charge in [0.25, 0.3) is 5.91 Å². The van der Waals surface area contributed by atoms with Gasteiger partial charge in [-0.3, -0.25) is 9.69 Å². The standard InChI is InChI=1S/C28H31F2N5O3S/c1-15-12-18(38-22-8-5-16(29)13-19(22)30)6-7-20(15)35-21-9-10-31-27-23(21)24(33-28(35)37)25(39-27)26(36)32-17-4-3-11-34(2)14-17/h5-8,12-13,17,21,23,27,31H,3-4,9-11,14H2,1-2H3,(H,32,36)(H,33,37)/t17-,21?,23?,27?/m1/s1. The second-order valence-corrected chi connectivity index (χ2v) is 11.8. The maximum atomic E-state index is 14.1. The lowest BCUT2D eigenvalue weighted by Crippen LogP contribution is -2.62. The van der Waals surface area contributed by atoms with Crippen molar-refractivity contribution < 1.29 is 23.1 Å². The van der Waals surface area contributed by atoms with Gasteiger partial charge in [0, 0.05) is 36.0 Å². The topological polar surface area (TPSA) is 85.9 Å². The second-order valence-electron chi connectivity index (χ2n) is 10.6. The number of rotatable bonds is 5. The van der Waals surface area contributed by atoms with E-state index in [0.29, 0.717) is 16.4 Å². The van der Waals surface area contributed by atoms with Crippen LogP contribution in [0.3, 0.4) is 0 Å². The largest absolute Gasteiger partial charge is 0.454 e. The number of thioether (sulfide) groups is 1. The molecule has 3 saturated heterocycles. The first kappa shape index (κ1) is 26.1. The average Bonchev–Trinajstić information content (AvgIpc) is 3.26. The maximum Gasteiger partial charge on any atom is 0.326 e. The van der Waals surface area contributed by atoms with Crippen LogP contribution >= 0.6 is 11.8 Å². The monoisotopic (exact) mass is 555 g/mol. The number of carbonyl (C=O) groups excluding carboxylic acids is 2. The molecule has 0 aliphatic carbocycles. The first-order chi connectivity index (χ1) is 18.8. The van der Waals surface area contributed by atoms with Gasteiger partial charge in [0.15, 0.2) is 11.6 Å². The van der Waals surface area contributed by atoms with E-state index < -0.39 is 11.6 Å². The van der Waals surface area contributed by atoms with Crippen molar-refractivity contribution in [2.75, 3.05) is 31.6 Å². The number of likely N-dealkylation sites (N-methyl/N-ethyl adjacent to an activating group) is 1. The summed E-state index contributed by atoms with van der Waals surface area (Å²) in [5.41, 5.74) is 2.20. The van der Waals surface area contributed by atoms with Crippen molar-refractivity contribution in [1.82, 2.24) is 20.9 Å². The molecule has 2 aromatic rings. The van der Waals surface area contributed by atoms with E-state index in [4.69, 9.17) is 4.74 Å². The number of likely N-dealkylation sites (tertiary alicyclic amines) is 1. The quantitative estimate of drug-likeness (QED) is 0.516. The minimum absolute atomic E-state index is 0.0130. The summed E-state index contributed by atoms with van der Waals surface area (Å²) in [5, 5.41) is 9.75. The molecule has 2 aromatic carbocycles. The van der Waals surface area contributed by atoms with E-state index in [-0.39, 0.29) is 41.1 Å². The smallest absolute Gasteiger partial charge is 0.326 e. The van der Waals surface area contributed by atoms with Crippen molar-refractivity contribution in [2.45, 2.75) is 43.6 Å². The van der Waals surface area contributed by atoms with Crippen LogP contribution in [0.25, 0.3) is 0 Å². The highest BCUT2D eigenvalue weighted by Gasteiger charge is 2.52. The Kier molecular flexibility index (Phi) is 6.98. The molecule has 8 nitrogen and oxygen atoms in total. The molecule has 11 heteroatoms. The van der Waals surface area contributed by atoms with Crippen molar-refractivity contribution in [2.24, 2.45) is 5.92 Å². The lowest BCUT2D eigenvalue weighted by Gasteiger charge is -2.46. The van der Waals surface area contributed by atoms with Crippen LogP contribution in [-0.4, -0.2) is 61.0 Å². The number of hydrogen-bond acceptors (Lipinski definition) is 6. The van der Waals surface area contributed by atoms with Gasteiger partial charge in [-0.2, -0.15) is 0 Å². The zero-order chi connectivity index (χ0) is 27.3. The molecule has 0 radical (unpaired) electrons. The van der Waals surface area contributed by atoms with Crippen LogP contribution in [0.2, 0.25) is 0 Å². The second kappa shape index (κ2) is 10.4. The summed E-state index contributed by atoms with van der Waals surface area (Å²) in [6.45, 7) is 4.44. The summed E-state index contributed by atoms with van der Waals surface area (Å²) in [5.74, 6) is -1.34. The molecule has 3 unspecified atom stereocenters. The summed E-state index contributed by atoms with van der Waals surface area (Å²) >= 11 is 1.50. The number of piperidine rings is 2. The van der Waals surface area contributed by atoms with Gasteiger partial charge < -0.3 is 25.6 Å². The Morgan fingerprint density at radius 1 is 1.18 bits per heavy atom. The number of nitrogens with one attached hydrogen (secondary N) is 3. The summed E-state index contributed by atoms with van der Waals surface area (Å²) in [6, 6.07) is 8.04. The van der Waals surface area contributed by atoms with Crippen molar-refractivity contribution in [1.29, 1.82) is 0 Å². The molecule has 4 aliphatic rings. The van der Waals surface area contributed by atoms with Crippen molar-refractivity contribution in [3.8, 4) is 11.5 Å². The third kappa shape index (κ3) is 4.99. The minimum atomic E-state index is -0.790. The molecule has 4 atom stereocenters. The van der Waals surface area contributed by atoms with Gasteiger partial charge in [-0.1, -0.05) is 11.8 Å². The summed E-state index contributed by atoms with van der Waals surface area (Å²) < 4.78 is 33.0. The molecule has 4 heterocycles. The van der Waals surface area contributed by atoms with E-state index >= 15 is 0 Å². The number of halogens is 2. The van der Waals surface area contributed by atoms with Gasteiger partial charge in [0.2, 0.25) is 0 Å². The highest BCUT2D eigenvalue weighted by molar-refractivity contribution is 8.04. The fraction of sp³-hybridized carbons (Fsp3) is 0.429. The number of anilines is 1. The number of amides is 3. The Bertz CT molecular complexity index is 1350. The number of benzene rings is 2. The molecule has 0 bridgehead atoms. The fourth-order valence-corrected chi connectivity index (χ4v) is 7.48. The first-order valence-electron chi connectivity index (χ1n) is 13.3. The molecule has 6 rings (SSSR count). The predicted molar refractivity (Wildman–Crippen MR) is 146 cm³/mol. The lowest BCUT2D eigenvalue weighted by molar-refractivity contribution is -0.117. The van der Waals surface area contributed by atoms with E-state index in [9.17, 15) is 18.4 Å². The summed E-state index contributed by atoms with van der Waals surface area (Å²) in [7, 11) is 2.06. The van der Waals surface area contributed by atoms with E-state index in [0.717, 1.165) is 62.3 Å². The molecular formula is C28H31F2N5O3S. The predicted octanol–water partition coefficient (Wildman–Crippen LogP) is 4.07. The van der Waals surface area contributed by atoms with Crippen LogP contribution in [0.4, 0.5) is 19.3 Å². The Morgan fingerprint density at radius 3 is 2.79 bits per heavy atom. The Balaban J connectivity index is 1.24. The fourth-order valence-electron chi connectivity index (χ4n) is 6.08. The van der Waals surface area contributed by atoms with Crippen LogP contribution in [0.15, 0.2) is 47.0 Å². The third-order valence-electron chi connectivity index (χ3n) is 7.86. The molecular weight excluding hydrogens is 524 g/mol. The molecule has 3 fully saturated rings. The van der Waals surface area contributed by atoms with Gasteiger partial charge in [0.1, 0.15) is 11.6 Å². The molecule has 4 aliphatic heterocycles. The number of hydrogen-bond donors (Lipinski definition) is 3. The van der Waals surface area contributed by atoms with E-state index in [1.165, 1.54) is 17.8 Å². The highest BCUT2D eigenvalue weighted by atomic mass is 32.2. The highest BCUT2D eigenvalue weighted by Crippen LogP contribution is 2.48. The Labute approximate surface area is 230 Å². The van der Waals surface area contributed by atoms with E-state index in [1.54, 1.807) is 23.1 Å².